The highest BCUT2D eigenvalue weighted by Gasteiger charge is 2.27. The molecule has 0 aromatic heterocycles. The first kappa shape index (κ1) is 15.8. The maximum absolute atomic E-state index is 12.2. The number of carboxylic acid groups (broad SMARTS) is 1. The number of amides is 2. The smallest absolute Gasteiger partial charge is 0.321 e. The van der Waals surface area contributed by atoms with E-state index >= 15 is 0 Å². The van der Waals surface area contributed by atoms with Crippen molar-refractivity contribution in [2.75, 3.05) is 18.4 Å². The summed E-state index contributed by atoms with van der Waals surface area (Å²) in [6, 6.07) is 3.74. The molecule has 6 heteroatoms. The summed E-state index contributed by atoms with van der Waals surface area (Å²) in [7, 11) is 0. The summed E-state index contributed by atoms with van der Waals surface area (Å²) < 4.78 is 0.952. The van der Waals surface area contributed by atoms with Crippen LogP contribution in [-0.4, -0.2) is 35.1 Å². The number of likely N-dealkylation sites (tertiary alicyclic amines) is 1. The number of carboxylic acids is 1. The van der Waals surface area contributed by atoms with E-state index in [4.69, 9.17) is 5.11 Å². The van der Waals surface area contributed by atoms with Crippen LogP contribution < -0.4 is 5.32 Å². The average Bonchev–Trinajstić information content (AvgIpc) is 2.44. The molecule has 1 aromatic carbocycles. The number of rotatable bonds is 2. The molecule has 0 radical (unpaired) electrons. The van der Waals surface area contributed by atoms with Crippen LogP contribution in [-0.2, 0) is 4.79 Å². The molecule has 0 aliphatic carbocycles. The van der Waals surface area contributed by atoms with E-state index in [-0.39, 0.29) is 11.9 Å². The van der Waals surface area contributed by atoms with Gasteiger partial charge in [0.25, 0.3) is 0 Å². The number of carbonyl (C=O) groups is 2. The summed E-state index contributed by atoms with van der Waals surface area (Å²) in [4.78, 5) is 24.8. The number of aliphatic carboxylic acids is 1. The Bertz CT molecular complexity index is 566. The van der Waals surface area contributed by atoms with Crippen molar-refractivity contribution < 1.29 is 14.7 Å². The zero-order chi connectivity index (χ0) is 15.6. The highest BCUT2D eigenvalue weighted by molar-refractivity contribution is 9.10. The van der Waals surface area contributed by atoms with Gasteiger partial charge in [0.2, 0.25) is 0 Å². The fourth-order valence-electron chi connectivity index (χ4n) is 2.48. The quantitative estimate of drug-likeness (QED) is 0.854. The van der Waals surface area contributed by atoms with Gasteiger partial charge in [-0.15, -0.1) is 0 Å². The summed E-state index contributed by atoms with van der Waals surface area (Å²) >= 11 is 3.46. The molecule has 114 valence electrons. The first-order valence-corrected chi connectivity index (χ1v) is 7.73. The molecule has 1 aliphatic rings. The van der Waals surface area contributed by atoms with Gasteiger partial charge in [-0.05, 0) is 43.9 Å². The Morgan fingerprint density at radius 3 is 2.43 bits per heavy atom. The van der Waals surface area contributed by atoms with Crippen molar-refractivity contribution in [3.63, 3.8) is 0 Å². The van der Waals surface area contributed by atoms with E-state index in [9.17, 15) is 9.59 Å². The van der Waals surface area contributed by atoms with Crippen LogP contribution in [0.3, 0.4) is 0 Å². The van der Waals surface area contributed by atoms with Gasteiger partial charge in [-0.1, -0.05) is 22.0 Å². The number of nitrogens with one attached hydrogen (secondary N) is 1. The van der Waals surface area contributed by atoms with Gasteiger partial charge in [-0.3, -0.25) is 4.79 Å². The Hall–Kier alpha value is -1.56. The predicted octanol–water partition coefficient (Wildman–Crippen LogP) is 3.39. The Labute approximate surface area is 132 Å². The van der Waals surface area contributed by atoms with Crippen molar-refractivity contribution in [2.45, 2.75) is 26.7 Å². The molecular formula is C15H19BrN2O3. The molecule has 0 spiro atoms. The van der Waals surface area contributed by atoms with Gasteiger partial charge in [-0.2, -0.15) is 0 Å². The number of piperidine rings is 1. The second kappa shape index (κ2) is 6.47. The van der Waals surface area contributed by atoms with Crippen LogP contribution in [0.25, 0.3) is 0 Å². The first-order chi connectivity index (χ1) is 9.88. The van der Waals surface area contributed by atoms with Gasteiger partial charge < -0.3 is 15.3 Å². The molecule has 2 N–H and O–H groups in total. The first-order valence-electron chi connectivity index (χ1n) is 6.94. The fraction of sp³-hybridized carbons (Fsp3) is 0.467. The number of anilines is 1. The lowest BCUT2D eigenvalue weighted by Gasteiger charge is -2.30. The Balaban J connectivity index is 2.00. The Kier molecular flexibility index (Phi) is 4.88. The number of benzene rings is 1. The van der Waals surface area contributed by atoms with E-state index in [1.807, 2.05) is 26.0 Å². The largest absolute Gasteiger partial charge is 0.481 e. The normalized spacial score (nSPS) is 15.9. The molecule has 2 rings (SSSR count). The van der Waals surface area contributed by atoms with Crippen LogP contribution in [0.4, 0.5) is 10.5 Å². The number of nitrogens with zero attached hydrogens (tertiary/aromatic N) is 1. The third kappa shape index (κ3) is 3.75. The molecule has 1 aliphatic heterocycles. The van der Waals surface area contributed by atoms with E-state index in [0.29, 0.717) is 25.9 Å². The number of carbonyl (C=O) groups excluding carboxylic acids is 1. The van der Waals surface area contributed by atoms with Crippen LogP contribution in [0.2, 0.25) is 0 Å². The lowest BCUT2D eigenvalue weighted by molar-refractivity contribution is -0.143. The number of hydrogen-bond donors (Lipinski definition) is 2. The van der Waals surface area contributed by atoms with E-state index in [1.54, 1.807) is 4.90 Å². The summed E-state index contributed by atoms with van der Waals surface area (Å²) in [5.41, 5.74) is 2.90. The SMILES string of the molecule is Cc1cc(C)c(NC(=O)N2CCC(C(=O)O)CC2)cc1Br. The third-order valence-corrected chi connectivity index (χ3v) is 4.73. The molecule has 0 unspecified atom stereocenters. The minimum absolute atomic E-state index is 0.169. The van der Waals surface area contributed by atoms with E-state index in [0.717, 1.165) is 21.3 Å². The number of urea groups is 1. The van der Waals surface area contributed by atoms with Crippen LogP contribution >= 0.6 is 15.9 Å². The van der Waals surface area contributed by atoms with E-state index in [2.05, 4.69) is 21.2 Å². The number of hydrogen-bond acceptors (Lipinski definition) is 2. The maximum atomic E-state index is 12.2. The van der Waals surface area contributed by atoms with Gasteiger partial charge in [0.1, 0.15) is 0 Å². The van der Waals surface area contributed by atoms with Gasteiger partial charge >= 0.3 is 12.0 Å². The van der Waals surface area contributed by atoms with E-state index < -0.39 is 5.97 Å². The van der Waals surface area contributed by atoms with Crippen molar-refractivity contribution >= 4 is 33.6 Å². The molecule has 0 bridgehead atoms. The molecule has 1 saturated heterocycles. The molecule has 0 atom stereocenters. The topological polar surface area (TPSA) is 69.6 Å². The van der Waals surface area contributed by atoms with Crippen molar-refractivity contribution in [3.05, 3.63) is 27.7 Å². The van der Waals surface area contributed by atoms with Crippen LogP contribution in [0.15, 0.2) is 16.6 Å². The Morgan fingerprint density at radius 2 is 1.86 bits per heavy atom. The van der Waals surface area contributed by atoms with Crippen molar-refractivity contribution in [3.8, 4) is 0 Å². The number of halogens is 1. The molecule has 2 amide bonds. The molecule has 1 heterocycles. The highest BCUT2D eigenvalue weighted by Crippen LogP contribution is 2.25. The van der Waals surface area contributed by atoms with Crippen LogP contribution in [0.5, 0.6) is 0 Å². The predicted molar refractivity (Wildman–Crippen MR) is 84.6 cm³/mol. The van der Waals surface area contributed by atoms with Crippen molar-refractivity contribution in [2.24, 2.45) is 5.92 Å². The average molecular weight is 355 g/mol. The van der Waals surface area contributed by atoms with Gasteiger partial charge in [-0.25, -0.2) is 4.79 Å². The maximum Gasteiger partial charge on any atom is 0.321 e. The minimum atomic E-state index is -0.770. The highest BCUT2D eigenvalue weighted by atomic mass is 79.9. The van der Waals surface area contributed by atoms with Crippen molar-refractivity contribution in [1.82, 2.24) is 4.90 Å². The summed E-state index contributed by atoms with van der Waals surface area (Å²) in [5, 5.41) is 11.9. The second-order valence-electron chi connectivity index (χ2n) is 5.45. The number of aryl methyl sites for hydroxylation is 2. The molecule has 21 heavy (non-hydrogen) atoms. The zero-order valence-electron chi connectivity index (χ0n) is 12.1. The summed E-state index contributed by atoms with van der Waals surface area (Å²) in [6.45, 7) is 4.91. The molecule has 0 saturated carbocycles. The fourth-order valence-corrected chi connectivity index (χ4v) is 2.83. The second-order valence-corrected chi connectivity index (χ2v) is 6.30. The standard InChI is InChI=1S/C15H19BrN2O3/c1-9-7-10(2)13(8-12(9)16)17-15(21)18-5-3-11(4-6-18)14(19)20/h7-8,11H,3-6H2,1-2H3,(H,17,21)(H,19,20). The van der Waals surface area contributed by atoms with Crippen LogP contribution in [0.1, 0.15) is 24.0 Å². The van der Waals surface area contributed by atoms with Gasteiger partial charge in [0.15, 0.2) is 0 Å². The molecule has 5 nitrogen and oxygen atoms in total. The monoisotopic (exact) mass is 354 g/mol. The molecular weight excluding hydrogens is 336 g/mol. The lowest BCUT2D eigenvalue weighted by atomic mass is 9.97. The van der Waals surface area contributed by atoms with Gasteiger partial charge in [0.05, 0.1) is 5.92 Å². The summed E-state index contributed by atoms with van der Waals surface area (Å²) in [5.74, 6) is -1.10. The Morgan fingerprint density at radius 1 is 1.24 bits per heavy atom. The van der Waals surface area contributed by atoms with E-state index in [1.165, 1.54) is 0 Å². The van der Waals surface area contributed by atoms with Gasteiger partial charge in [0, 0.05) is 23.2 Å². The van der Waals surface area contributed by atoms with Crippen LogP contribution in [0, 0.1) is 19.8 Å². The van der Waals surface area contributed by atoms with Crippen molar-refractivity contribution in [1.29, 1.82) is 0 Å². The molecule has 1 aromatic rings. The minimum Gasteiger partial charge on any atom is -0.481 e. The molecule has 1 fully saturated rings. The summed E-state index contributed by atoms with van der Waals surface area (Å²) in [6.07, 6.45) is 1.03. The lowest BCUT2D eigenvalue weighted by Crippen LogP contribution is -2.42. The zero-order valence-corrected chi connectivity index (χ0v) is 13.7. The third-order valence-electron chi connectivity index (χ3n) is 3.88.